The minimum Gasteiger partial charge on any atom is -0.280 e. The van der Waals surface area contributed by atoms with Crippen molar-refractivity contribution in [2.24, 2.45) is 0 Å². The predicted molar refractivity (Wildman–Crippen MR) is 69.8 cm³/mol. The summed E-state index contributed by atoms with van der Waals surface area (Å²) in [5.41, 5.74) is 0.368. The number of H-pyrrole nitrogens is 1. The topological polar surface area (TPSA) is 100 Å². The number of hydrogen-bond acceptors (Lipinski definition) is 5. The standard InChI is InChI=1S/C10H17N3O4S2/c1-18(14,15)9-7-11-12-10(9)8-5-3-4-6-13(8)19(2,16)17/h7-8H,3-6H2,1-2H3,(H,11,12)/t8-/m1/s1. The van der Waals surface area contributed by atoms with Crippen LogP contribution in [-0.2, 0) is 19.9 Å². The number of nitrogens with one attached hydrogen (secondary N) is 1. The lowest BCUT2D eigenvalue weighted by Gasteiger charge is -2.33. The highest BCUT2D eigenvalue weighted by molar-refractivity contribution is 7.90. The molecule has 2 rings (SSSR count). The summed E-state index contributed by atoms with van der Waals surface area (Å²) in [6.45, 7) is 0.408. The van der Waals surface area contributed by atoms with Gasteiger partial charge in [0.1, 0.15) is 4.90 Å². The lowest BCUT2D eigenvalue weighted by atomic mass is 10.0. The highest BCUT2D eigenvalue weighted by Gasteiger charge is 2.34. The van der Waals surface area contributed by atoms with Gasteiger partial charge >= 0.3 is 0 Å². The molecule has 0 amide bonds. The Balaban J connectivity index is 2.48. The molecule has 1 aliphatic rings. The lowest BCUT2D eigenvalue weighted by molar-refractivity contribution is 0.250. The molecule has 0 aromatic carbocycles. The maximum Gasteiger partial charge on any atom is 0.211 e. The van der Waals surface area contributed by atoms with Crippen LogP contribution in [0.5, 0.6) is 0 Å². The first kappa shape index (κ1) is 14.5. The first-order chi connectivity index (χ1) is 8.71. The molecule has 9 heteroatoms. The van der Waals surface area contributed by atoms with Gasteiger partial charge < -0.3 is 0 Å². The van der Waals surface area contributed by atoms with Gasteiger partial charge in [0.25, 0.3) is 0 Å². The van der Waals surface area contributed by atoms with Crippen molar-refractivity contribution in [1.29, 1.82) is 0 Å². The minimum absolute atomic E-state index is 0.0769. The van der Waals surface area contributed by atoms with Crippen molar-refractivity contribution < 1.29 is 16.8 Å². The number of hydrogen-bond donors (Lipinski definition) is 1. The highest BCUT2D eigenvalue weighted by Crippen LogP contribution is 2.34. The van der Waals surface area contributed by atoms with Gasteiger partial charge in [-0.3, -0.25) is 5.10 Å². The summed E-state index contributed by atoms with van der Waals surface area (Å²) < 4.78 is 48.3. The van der Waals surface area contributed by atoms with E-state index in [1.165, 1.54) is 10.5 Å². The third kappa shape index (κ3) is 2.98. The average molecular weight is 307 g/mol. The van der Waals surface area contributed by atoms with Crippen molar-refractivity contribution in [3.05, 3.63) is 11.9 Å². The Kier molecular flexibility index (Phi) is 3.72. The third-order valence-corrected chi connectivity index (χ3v) is 5.66. The van der Waals surface area contributed by atoms with E-state index in [9.17, 15) is 16.8 Å². The van der Waals surface area contributed by atoms with E-state index in [1.807, 2.05) is 0 Å². The largest absolute Gasteiger partial charge is 0.280 e. The molecule has 1 aromatic rings. The monoisotopic (exact) mass is 307 g/mol. The van der Waals surface area contributed by atoms with Crippen molar-refractivity contribution >= 4 is 19.9 Å². The van der Waals surface area contributed by atoms with Gasteiger partial charge in [0.05, 0.1) is 24.2 Å². The van der Waals surface area contributed by atoms with E-state index in [4.69, 9.17) is 0 Å². The summed E-state index contributed by atoms with van der Waals surface area (Å²) in [6, 6.07) is -0.476. The molecule has 0 aliphatic carbocycles. The maximum absolute atomic E-state index is 11.8. The van der Waals surface area contributed by atoms with Gasteiger partial charge in [-0.2, -0.15) is 9.40 Å². The van der Waals surface area contributed by atoms with Crippen molar-refractivity contribution in [1.82, 2.24) is 14.5 Å². The second-order valence-electron chi connectivity index (χ2n) is 4.81. The Morgan fingerprint density at radius 2 is 1.95 bits per heavy atom. The van der Waals surface area contributed by atoms with Crippen LogP contribution < -0.4 is 0 Å². The second kappa shape index (κ2) is 4.88. The summed E-state index contributed by atoms with van der Waals surface area (Å²) in [4.78, 5) is 0.0769. The number of sulfonamides is 1. The van der Waals surface area contributed by atoms with E-state index < -0.39 is 25.9 Å². The van der Waals surface area contributed by atoms with Crippen LogP contribution in [0.3, 0.4) is 0 Å². The number of nitrogens with zero attached hydrogens (tertiary/aromatic N) is 2. The van der Waals surface area contributed by atoms with E-state index >= 15 is 0 Å². The van der Waals surface area contributed by atoms with Crippen LogP contribution in [-0.4, -0.2) is 50.4 Å². The van der Waals surface area contributed by atoms with Crippen molar-refractivity contribution in [3.8, 4) is 0 Å². The second-order valence-corrected chi connectivity index (χ2v) is 8.72. The predicted octanol–water partition coefficient (Wildman–Crippen LogP) is 0.300. The van der Waals surface area contributed by atoms with Crippen LogP contribution in [0.25, 0.3) is 0 Å². The molecule has 1 N–H and O–H groups in total. The zero-order chi connectivity index (χ0) is 14.3. The third-order valence-electron chi connectivity index (χ3n) is 3.24. The molecule has 1 fully saturated rings. The van der Waals surface area contributed by atoms with E-state index in [0.717, 1.165) is 25.4 Å². The number of aromatic nitrogens is 2. The zero-order valence-corrected chi connectivity index (χ0v) is 12.5. The number of rotatable bonds is 3. The molecule has 108 valence electrons. The van der Waals surface area contributed by atoms with E-state index in [-0.39, 0.29) is 4.90 Å². The van der Waals surface area contributed by atoms with Crippen LogP contribution in [0.15, 0.2) is 11.1 Å². The van der Waals surface area contributed by atoms with Gasteiger partial charge in [-0.1, -0.05) is 6.42 Å². The molecule has 1 atom stereocenters. The Labute approximate surface area is 113 Å². The van der Waals surface area contributed by atoms with E-state index in [2.05, 4.69) is 10.2 Å². The van der Waals surface area contributed by atoms with Crippen molar-refractivity contribution in [2.75, 3.05) is 19.1 Å². The molecule has 19 heavy (non-hydrogen) atoms. The zero-order valence-electron chi connectivity index (χ0n) is 10.8. The Morgan fingerprint density at radius 3 is 2.53 bits per heavy atom. The first-order valence-electron chi connectivity index (χ1n) is 5.91. The molecule has 0 unspecified atom stereocenters. The molecule has 2 heterocycles. The molecule has 7 nitrogen and oxygen atoms in total. The molecule has 0 saturated carbocycles. The van der Waals surface area contributed by atoms with Gasteiger partial charge in [-0.15, -0.1) is 0 Å². The summed E-state index contributed by atoms with van der Waals surface area (Å²) in [5.74, 6) is 0. The molecule has 1 aromatic heterocycles. The molecule has 0 spiro atoms. The highest BCUT2D eigenvalue weighted by atomic mass is 32.2. The van der Waals surface area contributed by atoms with Crippen molar-refractivity contribution in [3.63, 3.8) is 0 Å². The maximum atomic E-state index is 11.8. The summed E-state index contributed by atoms with van der Waals surface area (Å²) >= 11 is 0. The van der Waals surface area contributed by atoms with Gasteiger partial charge in [0, 0.05) is 12.8 Å². The number of piperidine rings is 1. The first-order valence-corrected chi connectivity index (χ1v) is 9.65. The van der Waals surface area contributed by atoms with Gasteiger partial charge in [0.2, 0.25) is 10.0 Å². The van der Waals surface area contributed by atoms with Gasteiger partial charge in [-0.25, -0.2) is 16.8 Å². The minimum atomic E-state index is -3.42. The molecule has 0 bridgehead atoms. The van der Waals surface area contributed by atoms with Crippen molar-refractivity contribution in [2.45, 2.75) is 30.2 Å². The molecule has 1 aliphatic heterocycles. The van der Waals surface area contributed by atoms with E-state index in [0.29, 0.717) is 18.7 Å². The molecular formula is C10H17N3O4S2. The van der Waals surface area contributed by atoms with Crippen LogP contribution in [0.4, 0.5) is 0 Å². The molecule has 0 radical (unpaired) electrons. The number of sulfone groups is 1. The van der Waals surface area contributed by atoms with Crippen LogP contribution in [0, 0.1) is 0 Å². The summed E-state index contributed by atoms with van der Waals surface area (Å²) in [7, 11) is -6.80. The van der Waals surface area contributed by atoms with Gasteiger partial charge in [0.15, 0.2) is 9.84 Å². The molecule has 1 saturated heterocycles. The fourth-order valence-corrected chi connectivity index (χ4v) is 4.37. The fraction of sp³-hybridized carbons (Fsp3) is 0.700. The van der Waals surface area contributed by atoms with Gasteiger partial charge in [-0.05, 0) is 12.8 Å². The quantitative estimate of drug-likeness (QED) is 0.865. The number of aromatic amines is 1. The summed E-state index contributed by atoms with van der Waals surface area (Å²) in [6.07, 6.45) is 5.71. The fourth-order valence-electron chi connectivity index (χ4n) is 2.41. The molecular weight excluding hydrogens is 290 g/mol. The SMILES string of the molecule is CS(=O)(=O)c1cn[nH]c1[C@H]1CCCCN1S(C)(=O)=O. The summed E-state index contributed by atoms with van der Waals surface area (Å²) in [5, 5.41) is 6.40. The van der Waals surface area contributed by atoms with Crippen LogP contribution in [0.2, 0.25) is 0 Å². The average Bonchev–Trinajstić information content (AvgIpc) is 2.76. The Hall–Kier alpha value is -0.930. The Bertz CT molecular complexity index is 663. The van der Waals surface area contributed by atoms with E-state index in [1.54, 1.807) is 0 Å². The normalized spacial score (nSPS) is 22.5. The Morgan fingerprint density at radius 1 is 1.26 bits per heavy atom. The lowest BCUT2D eigenvalue weighted by Crippen LogP contribution is -2.38. The van der Waals surface area contributed by atoms with Crippen LogP contribution in [0.1, 0.15) is 31.0 Å². The van der Waals surface area contributed by atoms with Crippen LogP contribution >= 0.6 is 0 Å². The smallest absolute Gasteiger partial charge is 0.211 e.